The van der Waals surface area contributed by atoms with Gasteiger partial charge < -0.3 is 9.84 Å². The van der Waals surface area contributed by atoms with Crippen LogP contribution in [0.4, 0.5) is 5.69 Å². The van der Waals surface area contributed by atoms with Gasteiger partial charge in [0.25, 0.3) is 5.69 Å². The van der Waals surface area contributed by atoms with E-state index in [0.29, 0.717) is 5.56 Å². The van der Waals surface area contributed by atoms with E-state index in [-0.39, 0.29) is 28.3 Å². The summed E-state index contributed by atoms with van der Waals surface area (Å²) >= 11 is 0. The molecule has 0 aliphatic rings. The molecule has 0 fully saturated rings. The Kier molecular flexibility index (Phi) is 4.92. The standard InChI is InChI=1S/C17H12N2O5/c1-24-16-8-11(5-6-15(16)20)7-13(10-18)17(21)12-3-2-4-14(9-12)19(22)23/h2-9,20H,1H3/b13-7+. The van der Waals surface area contributed by atoms with Crippen LogP contribution in [0.15, 0.2) is 48.0 Å². The minimum Gasteiger partial charge on any atom is -0.504 e. The van der Waals surface area contributed by atoms with Gasteiger partial charge in [-0.15, -0.1) is 0 Å². The summed E-state index contributed by atoms with van der Waals surface area (Å²) < 4.78 is 4.97. The minimum absolute atomic E-state index is 0.0442. The van der Waals surface area contributed by atoms with Crippen molar-refractivity contribution in [1.29, 1.82) is 5.26 Å². The number of nitro groups is 1. The maximum Gasteiger partial charge on any atom is 0.270 e. The maximum absolute atomic E-state index is 12.4. The Morgan fingerprint density at radius 1 is 1.33 bits per heavy atom. The average Bonchev–Trinajstić information content (AvgIpc) is 2.60. The van der Waals surface area contributed by atoms with E-state index in [4.69, 9.17) is 4.74 Å². The smallest absolute Gasteiger partial charge is 0.270 e. The zero-order valence-corrected chi connectivity index (χ0v) is 12.6. The summed E-state index contributed by atoms with van der Waals surface area (Å²) in [6.45, 7) is 0. The summed E-state index contributed by atoms with van der Waals surface area (Å²) in [4.78, 5) is 22.6. The third-order valence-corrected chi connectivity index (χ3v) is 3.20. The van der Waals surface area contributed by atoms with Crippen LogP contribution >= 0.6 is 0 Å². The van der Waals surface area contributed by atoms with E-state index in [9.17, 15) is 25.3 Å². The first-order chi connectivity index (χ1) is 11.5. The van der Waals surface area contributed by atoms with Gasteiger partial charge in [0.1, 0.15) is 11.6 Å². The van der Waals surface area contributed by atoms with Crippen molar-refractivity contribution in [3.63, 3.8) is 0 Å². The molecule has 2 rings (SSSR count). The monoisotopic (exact) mass is 324 g/mol. The zero-order valence-electron chi connectivity index (χ0n) is 12.6. The number of rotatable bonds is 5. The number of non-ortho nitro benzene ring substituents is 1. The molecule has 0 saturated heterocycles. The van der Waals surface area contributed by atoms with Crippen LogP contribution in [0.3, 0.4) is 0 Å². The Balaban J connectivity index is 2.41. The van der Waals surface area contributed by atoms with E-state index >= 15 is 0 Å². The fourth-order valence-corrected chi connectivity index (χ4v) is 2.02. The second-order valence-corrected chi connectivity index (χ2v) is 4.74. The molecule has 7 nitrogen and oxygen atoms in total. The molecule has 0 spiro atoms. The van der Waals surface area contributed by atoms with Gasteiger partial charge in [0.05, 0.1) is 12.0 Å². The van der Waals surface area contributed by atoms with Gasteiger partial charge in [0.2, 0.25) is 5.78 Å². The molecule has 0 unspecified atom stereocenters. The van der Waals surface area contributed by atoms with Crippen molar-refractivity contribution < 1.29 is 19.6 Å². The maximum atomic E-state index is 12.4. The molecule has 0 atom stereocenters. The molecule has 0 aliphatic carbocycles. The van der Waals surface area contributed by atoms with Gasteiger partial charge in [0, 0.05) is 17.7 Å². The first-order valence-electron chi connectivity index (χ1n) is 6.74. The fraction of sp³-hybridized carbons (Fsp3) is 0.0588. The second kappa shape index (κ2) is 7.07. The molecule has 2 aromatic carbocycles. The molecule has 24 heavy (non-hydrogen) atoms. The second-order valence-electron chi connectivity index (χ2n) is 4.74. The Morgan fingerprint density at radius 3 is 2.71 bits per heavy atom. The number of carbonyl (C=O) groups excluding carboxylic acids is 1. The lowest BCUT2D eigenvalue weighted by atomic mass is 10.0. The van der Waals surface area contributed by atoms with Gasteiger partial charge in [-0.2, -0.15) is 5.26 Å². The molecule has 0 aromatic heterocycles. The molecule has 0 radical (unpaired) electrons. The first kappa shape index (κ1) is 16.7. The Morgan fingerprint density at radius 2 is 2.08 bits per heavy atom. The number of phenolic OH excluding ortho intramolecular Hbond substituents is 1. The van der Waals surface area contributed by atoms with Crippen molar-refractivity contribution in [1.82, 2.24) is 0 Å². The zero-order chi connectivity index (χ0) is 17.7. The molecule has 0 aliphatic heterocycles. The lowest BCUT2D eigenvalue weighted by Gasteiger charge is -2.04. The van der Waals surface area contributed by atoms with Crippen molar-refractivity contribution in [3.05, 3.63) is 69.3 Å². The molecule has 0 saturated carbocycles. The topological polar surface area (TPSA) is 113 Å². The molecular weight excluding hydrogens is 312 g/mol. The predicted octanol–water partition coefficient (Wildman–Crippen LogP) is 3.10. The van der Waals surface area contributed by atoms with Gasteiger partial charge >= 0.3 is 0 Å². The highest BCUT2D eigenvalue weighted by atomic mass is 16.6. The molecule has 2 aromatic rings. The van der Waals surface area contributed by atoms with E-state index in [1.54, 1.807) is 6.07 Å². The number of methoxy groups -OCH3 is 1. The van der Waals surface area contributed by atoms with Crippen molar-refractivity contribution in [2.24, 2.45) is 0 Å². The van der Waals surface area contributed by atoms with Crippen molar-refractivity contribution >= 4 is 17.5 Å². The molecule has 1 N–H and O–H groups in total. The largest absolute Gasteiger partial charge is 0.504 e. The van der Waals surface area contributed by atoms with Gasteiger partial charge in [-0.3, -0.25) is 14.9 Å². The van der Waals surface area contributed by atoms with Crippen LogP contribution in [-0.2, 0) is 0 Å². The number of Topliss-reactive ketones (excluding diaryl/α,β-unsaturated/α-hetero) is 1. The Labute approximate surface area is 137 Å². The molecule has 0 heterocycles. The molecule has 0 bridgehead atoms. The van der Waals surface area contributed by atoms with Crippen LogP contribution in [-0.4, -0.2) is 22.9 Å². The van der Waals surface area contributed by atoms with E-state index in [2.05, 4.69) is 0 Å². The van der Waals surface area contributed by atoms with E-state index in [1.807, 2.05) is 0 Å². The summed E-state index contributed by atoms with van der Waals surface area (Å²) in [5.74, 6) is -0.504. The van der Waals surface area contributed by atoms with Crippen LogP contribution in [0, 0.1) is 21.4 Å². The van der Waals surface area contributed by atoms with Crippen LogP contribution in [0.2, 0.25) is 0 Å². The first-order valence-corrected chi connectivity index (χ1v) is 6.74. The van der Waals surface area contributed by atoms with Gasteiger partial charge in [-0.25, -0.2) is 0 Å². The fourth-order valence-electron chi connectivity index (χ4n) is 2.02. The summed E-state index contributed by atoms with van der Waals surface area (Å²) in [6, 6.07) is 11.3. The number of hydrogen-bond acceptors (Lipinski definition) is 6. The van der Waals surface area contributed by atoms with Crippen molar-refractivity contribution in [3.8, 4) is 17.6 Å². The van der Waals surface area contributed by atoms with Gasteiger partial charge in [0.15, 0.2) is 11.5 Å². The third kappa shape index (κ3) is 3.56. The van der Waals surface area contributed by atoms with E-state index in [1.165, 1.54) is 49.6 Å². The lowest BCUT2D eigenvalue weighted by molar-refractivity contribution is -0.384. The number of phenols is 1. The highest BCUT2D eigenvalue weighted by Crippen LogP contribution is 2.27. The van der Waals surface area contributed by atoms with Crippen molar-refractivity contribution in [2.45, 2.75) is 0 Å². The summed E-state index contributed by atoms with van der Waals surface area (Å²) in [7, 11) is 1.38. The number of benzene rings is 2. The number of nitrogens with zero attached hydrogens (tertiary/aromatic N) is 2. The quantitative estimate of drug-likeness (QED) is 0.297. The van der Waals surface area contributed by atoms with Crippen LogP contribution in [0.25, 0.3) is 6.08 Å². The van der Waals surface area contributed by atoms with Gasteiger partial charge in [-0.05, 0) is 23.8 Å². The summed E-state index contributed by atoms with van der Waals surface area (Å²) in [5.41, 5.74) is 0.0930. The van der Waals surface area contributed by atoms with E-state index < -0.39 is 10.7 Å². The SMILES string of the molecule is COc1cc(/C=C(\C#N)C(=O)c2cccc([N+](=O)[O-])c2)ccc1O. The minimum atomic E-state index is -0.631. The number of carbonyl (C=O) groups is 1. The number of ether oxygens (including phenoxy) is 1. The highest BCUT2D eigenvalue weighted by molar-refractivity contribution is 6.14. The summed E-state index contributed by atoms with van der Waals surface area (Å²) in [6.07, 6.45) is 1.32. The Bertz CT molecular complexity index is 881. The van der Waals surface area contributed by atoms with Crippen LogP contribution in [0.1, 0.15) is 15.9 Å². The van der Waals surface area contributed by atoms with Gasteiger partial charge in [-0.1, -0.05) is 18.2 Å². The normalized spacial score (nSPS) is 10.8. The molecule has 0 amide bonds. The number of nitro benzene ring substituents is 1. The number of aromatic hydroxyl groups is 1. The lowest BCUT2D eigenvalue weighted by Crippen LogP contribution is -2.02. The highest BCUT2D eigenvalue weighted by Gasteiger charge is 2.16. The molecule has 120 valence electrons. The molecular formula is C17H12N2O5. The Hall–Kier alpha value is -3.66. The third-order valence-electron chi connectivity index (χ3n) is 3.20. The number of ketones is 1. The molecule has 7 heteroatoms. The summed E-state index contributed by atoms with van der Waals surface area (Å²) in [5, 5.41) is 29.6. The predicted molar refractivity (Wildman–Crippen MR) is 85.7 cm³/mol. The number of hydrogen-bond donors (Lipinski definition) is 1. The number of nitriles is 1. The van der Waals surface area contributed by atoms with E-state index in [0.717, 1.165) is 6.07 Å². The van der Waals surface area contributed by atoms with Crippen LogP contribution < -0.4 is 4.74 Å². The van der Waals surface area contributed by atoms with Crippen LogP contribution in [0.5, 0.6) is 11.5 Å². The van der Waals surface area contributed by atoms with Crippen molar-refractivity contribution in [2.75, 3.05) is 7.11 Å². The average molecular weight is 324 g/mol. The number of allylic oxidation sites excluding steroid dienone is 1.